The monoisotopic (exact) mass is 322 g/mol. The molecule has 2 heteroatoms. The molecule has 0 amide bonds. The Morgan fingerprint density at radius 2 is 1.64 bits per heavy atom. The highest BCUT2D eigenvalue weighted by atomic mass is 35.6. The number of fused-ring (bicyclic) bond motifs is 3. The smallest absolute Gasteiger partial charge is 0.162 e. The lowest BCUT2D eigenvalue weighted by atomic mass is 9.95. The van der Waals surface area contributed by atoms with Gasteiger partial charge in [0, 0.05) is 0 Å². The third kappa shape index (κ3) is 2.12. The van der Waals surface area contributed by atoms with E-state index in [4.69, 9.17) is 11.1 Å². The van der Waals surface area contributed by atoms with Gasteiger partial charge in [-0.25, -0.2) is 0 Å². The summed E-state index contributed by atoms with van der Waals surface area (Å²) in [5.41, 5.74) is 8.59. The molecular formula is C20H19ClSi. The molecule has 0 aliphatic heterocycles. The molecule has 0 atom stereocenters. The Labute approximate surface area is 137 Å². The minimum atomic E-state index is -1.82. The predicted octanol–water partition coefficient (Wildman–Crippen LogP) is 5.95. The molecule has 0 saturated carbocycles. The van der Waals surface area contributed by atoms with Gasteiger partial charge in [0.25, 0.3) is 0 Å². The van der Waals surface area contributed by atoms with E-state index in [2.05, 4.69) is 67.7 Å². The van der Waals surface area contributed by atoms with Gasteiger partial charge in [0.2, 0.25) is 0 Å². The summed E-state index contributed by atoms with van der Waals surface area (Å²) in [7, 11) is -1.82. The van der Waals surface area contributed by atoms with Gasteiger partial charge < -0.3 is 0 Å². The molecule has 0 unspecified atom stereocenters. The van der Waals surface area contributed by atoms with Gasteiger partial charge >= 0.3 is 0 Å². The summed E-state index contributed by atoms with van der Waals surface area (Å²) in [4.78, 5) is 0. The van der Waals surface area contributed by atoms with Crippen LogP contribution in [0.15, 0.2) is 59.8 Å². The van der Waals surface area contributed by atoms with Gasteiger partial charge in [-0.05, 0) is 51.4 Å². The van der Waals surface area contributed by atoms with Crippen LogP contribution in [0.5, 0.6) is 0 Å². The highest BCUT2D eigenvalue weighted by Gasteiger charge is 2.29. The van der Waals surface area contributed by atoms with Crippen LogP contribution in [0.4, 0.5) is 0 Å². The fraction of sp³-hybridized carbons (Fsp3) is 0.200. The lowest BCUT2D eigenvalue weighted by molar-refractivity contribution is 1.23. The number of hydrogen-bond acceptors (Lipinski definition) is 0. The van der Waals surface area contributed by atoms with Crippen LogP contribution in [0, 0.1) is 0 Å². The lowest BCUT2D eigenvalue weighted by Crippen LogP contribution is -2.20. The van der Waals surface area contributed by atoms with Crippen molar-refractivity contribution in [1.29, 1.82) is 0 Å². The summed E-state index contributed by atoms with van der Waals surface area (Å²) in [6.45, 7) is 4.44. The zero-order chi connectivity index (χ0) is 15.3. The maximum Gasteiger partial charge on any atom is 0.181 e. The van der Waals surface area contributed by atoms with Crippen molar-refractivity contribution in [2.24, 2.45) is 0 Å². The highest BCUT2D eigenvalue weighted by Crippen LogP contribution is 2.44. The number of benzene rings is 2. The Hall–Kier alpha value is -1.57. The van der Waals surface area contributed by atoms with Crippen molar-refractivity contribution in [3.05, 3.63) is 76.5 Å². The molecule has 2 aliphatic carbocycles. The minimum absolute atomic E-state index is 1.02. The van der Waals surface area contributed by atoms with Crippen LogP contribution in [0.3, 0.4) is 0 Å². The topological polar surface area (TPSA) is 0 Å². The van der Waals surface area contributed by atoms with Crippen molar-refractivity contribution < 1.29 is 0 Å². The van der Waals surface area contributed by atoms with Crippen LogP contribution in [-0.4, -0.2) is 7.38 Å². The molecule has 0 radical (unpaired) electrons. The molecule has 2 aliphatic rings. The molecule has 2 aromatic rings. The van der Waals surface area contributed by atoms with Gasteiger partial charge in [-0.15, -0.1) is 0 Å². The maximum atomic E-state index is 6.75. The molecule has 2 aromatic carbocycles. The van der Waals surface area contributed by atoms with E-state index in [-0.39, 0.29) is 0 Å². The first-order valence-corrected chi connectivity index (χ1v) is 11.9. The second kappa shape index (κ2) is 4.97. The van der Waals surface area contributed by atoms with Gasteiger partial charge in [-0.2, -0.15) is 11.1 Å². The van der Waals surface area contributed by atoms with Gasteiger partial charge in [0.1, 0.15) is 0 Å². The number of rotatable bonds is 2. The second-order valence-electron chi connectivity index (χ2n) is 6.64. The van der Waals surface area contributed by atoms with Crippen LogP contribution < -0.4 is 0 Å². The second-order valence-corrected chi connectivity index (χ2v) is 13.0. The van der Waals surface area contributed by atoms with E-state index >= 15 is 0 Å². The van der Waals surface area contributed by atoms with Crippen molar-refractivity contribution in [1.82, 2.24) is 0 Å². The summed E-state index contributed by atoms with van der Waals surface area (Å²) < 4.78 is 0. The fourth-order valence-corrected chi connectivity index (χ4v) is 5.76. The molecular weight excluding hydrogens is 304 g/mol. The highest BCUT2D eigenvalue weighted by molar-refractivity contribution is 7.23. The molecule has 0 fully saturated rings. The van der Waals surface area contributed by atoms with E-state index in [1.807, 2.05) is 0 Å². The predicted molar refractivity (Wildman–Crippen MR) is 98.7 cm³/mol. The fourth-order valence-electron chi connectivity index (χ4n) is 3.76. The third-order valence-electron chi connectivity index (χ3n) is 4.75. The SMILES string of the molecule is C[Si](C)(Cl)C1=C(c2cccc3c2Cc2ccccc2-3)CC=C1. The van der Waals surface area contributed by atoms with E-state index in [0.29, 0.717) is 0 Å². The van der Waals surface area contributed by atoms with E-state index in [9.17, 15) is 0 Å². The van der Waals surface area contributed by atoms with Gasteiger partial charge in [-0.3, -0.25) is 0 Å². The Morgan fingerprint density at radius 1 is 0.909 bits per heavy atom. The molecule has 0 aromatic heterocycles. The first kappa shape index (κ1) is 14.0. The zero-order valence-electron chi connectivity index (χ0n) is 13.0. The van der Waals surface area contributed by atoms with Crippen molar-refractivity contribution in [2.75, 3.05) is 0 Å². The summed E-state index contributed by atoms with van der Waals surface area (Å²) in [6.07, 6.45) is 6.59. The number of halogens is 1. The molecule has 22 heavy (non-hydrogen) atoms. The Kier molecular flexibility index (Phi) is 3.17. The molecule has 0 nitrogen and oxygen atoms in total. The largest absolute Gasteiger partial charge is 0.181 e. The average Bonchev–Trinajstić information content (AvgIpc) is 3.11. The maximum absolute atomic E-state index is 6.75. The summed E-state index contributed by atoms with van der Waals surface area (Å²) in [5, 5.41) is 1.40. The van der Waals surface area contributed by atoms with Crippen LogP contribution >= 0.6 is 11.1 Å². The van der Waals surface area contributed by atoms with Gasteiger partial charge in [-0.1, -0.05) is 67.7 Å². The molecule has 0 N–H and O–H groups in total. The Balaban J connectivity index is 1.91. The van der Waals surface area contributed by atoms with E-state index in [1.165, 1.54) is 38.6 Å². The molecule has 4 rings (SSSR count). The Morgan fingerprint density at radius 3 is 2.45 bits per heavy atom. The van der Waals surface area contributed by atoms with E-state index in [0.717, 1.165) is 12.8 Å². The molecule has 0 heterocycles. The van der Waals surface area contributed by atoms with Crippen molar-refractivity contribution in [2.45, 2.75) is 25.9 Å². The van der Waals surface area contributed by atoms with E-state index in [1.54, 1.807) is 0 Å². The van der Waals surface area contributed by atoms with Crippen LogP contribution in [-0.2, 0) is 6.42 Å². The van der Waals surface area contributed by atoms with Crippen molar-refractivity contribution in [3.63, 3.8) is 0 Å². The van der Waals surface area contributed by atoms with Crippen molar-refractivity contribution >= 4 is 24.0 Å². The third-order valence-corrected chi connectivity index (χ3v) is 7.11. The van der Waals surface area contributed by atoms with Gasteiger partial charge in [0.05, 0.1) is 0 Å². The molecule has 110 valence electrons. The normalized spacial score (nSPS) is 16.1. The zero-order valence-corrected chi connectivity index (χ0v) is 14.7. The first-order chi connectivity index (χ1) is 10.6. The quantitative estimate of drug-likeness (QED) is 0.403. The first-order valence-electron chi connectivity index (χ1n) is 7.85. The van der Waals surface area contributed by atoms with Crippen molar-refractivity contribution in [3.8, 4) is 11.1 Å². The molecule has 0 saturated heterocycles. The standard InChI is InChI=1S/C20H19ClSi/c1-22(2,21)20-12-6-11-18(20)17-10-5-9-16-15-8-4-3-7-14(15)13-19(16)17/h3-10,12H,11,13H2,1-2H3. The number of hydrogen-bond donors (Lipinski definition) is 0. The van der Waals surface area contributed by atoms with Gasteiger partial charge in [0.15, 0.2) is 7.38 Å². The van der Waals surface area contributed by atoms with Crippen LogP contribution in [0.25, 0.3) is 16.7 Å². The molecule has 0 spiro atoms. The van der Waals surface area contributed by atoms with Crippen LogP contribution in [0.2, 0.25) is 13.1 Å². The summed E-state index contributed by atoms with van der Waals surface area (Å²) >= 11 is 6.75. The molecule has 0 bridgehead atoms. The lowest BCUT2D eigenvalue weighted by Gasteiger charge is -2.19. The van der Waals surface area contributed by atoms with E-state index < -0.39 is 7.38 Å². The van der Waals surface area contributed by atoms with Crippen LogP contribution in [0.1, 0.15) is 23.1 Å². The Bertz CT molecular complexity index is 822. The summed E-state index contributed by atoms with van der Waals surface area (Å²) in [5.74, 6) is 0. The minimum Gasteiger partial charge on any atom is -0.162 e. The number of allylic oxidation sites excluding steroid dienone is 4. The average molecular weight is 323 g/mol. The summed E-state index contributed by atoms with van der Waals surface area (Å²) in [6, 6.07) is 15.5.